The van der Waals surface area contributed by atoms with Crippen LogP contribution in [-0.2, 0) is 0 Å². The third-order valence-electron chi connectivity index (χ3n) is 2.14. The van der Waals surface area contributed by atoms with E-state index in [1.165, 1.54) is 18.3 Å². The number of benzene rings is 1. The first-order chi connectivity index (χ1) is 8.08. The van der Waals surface area contributed by atoms with Gasteiger partial charge in [0.2, 0.25) is 0 Å². The monoisotopic (exact) mass is 297 g/mol. The molecule has 0 unspecified atom stereocenters. The lowest BCUT2D eigenvalue weighted by atomic mass is 10.0. The highest BCUT2D eigenvalue weighted by Gasteiger charge is 2.14. The molecule has 0 atom stereocenters. The van der Waals surface area contributed by atoms with Crippen molar-refractivity contribution in [3.8, 4) is 0 Å². The van der Waals surface area contributed by atoms with Crippen molar-refractivity contribution in [2.75, 3.05) is 0 Å². The summed E-state index contributed by atoms with van der Waals surface area (Å²) >= 11 is 3.09. The lowest BCUT2D eigenvalue weighted by molar-refractivity contribution is 0.103. The second kappa shape index (κ2) is 4.71. The second-order valence-corrected chi connectivity index (χ2v) is 4.26. The van der Waals surface area contributed by atoms with Crippen LogP contribution in [0.25, 0.3) is 0 Å². The Morgan fingerprint density at radius 1 is 1.18 bits per heavy atom. The number of aromatic nitrogens is 1. The van der Waals surface area contributed by atoms with E-state index < -0.39 is 17.4 Å². The second-order valence-electron chi connectivity index (χ2n) is 3.35. The maximum atomic E-state index is 13.5. The molecule has 2 nitrogen and oxygen atoms in total. The molecule has 1 aromatic carbocycles. The lowest BCUT2D eigenvalue weighted by Gasteiger charge is -2.02. The van der Waals surface area contributed by atoms with Gasteiger partial charge in [-0.3, -0.25) is 9.78 Å². The fourth-order valence-corrected chi connectivity index (χ4v) is 1.70. The van der Waals surface area contributed by atoms with E-state index >= 15 is 0 Å². The van der Waals surface area contributed by atoms with Crippen molar-refractivity contribution in [1.82, 2.24) is 4.98 Å². The summed E-state index contributed by atoms with van der Waals surface area (Å²) in [6.45, 7) is 0. The Morgan fingerprint density at radius 3 is 2.59 bits per heavy atom. The Balaban J connectivity index is 2.44. The van der Waals surface area contributed by atoms with E-state index in [2.05, 4.69) is 20.9 Å². The maximum absolute atomic E-state index is 13.5. The van der Waals surface area contributed by atoms with Crippen molar-refractivity contribution in [2.45, 2.75) is 0 Å². The molecule has 0 N–H and O–H groups in total. The van der Waals surface area contributed by atoms with Gasteiger partial charge in [0.15, 0.2) is 5.78 Å². The van der Waals surface area contributed by atoms with Crippen LogP contribution in [0.5, 0.6) is 0 Å². The highest BCUT2D eigenvalue weighted by molar-refractivity contribution is 9.10. The minimum atomic E-state index is -0.659. The number of pyridine rings is 1. The summed E-state index contributed by atoms with van der Waals surface area (Å²) in [6, 6.07) is 5.09. The van der Waals surface area contributed by atoms with E-state index in [0.29, 0.717) is 4.47 Å². The van der Waals surface area contributed by atoms with Crippen molar-refractivity contribution in [2.24, 2.45) is 0 Å². The van der Waals surface area contributed by atoms with Crippen molar-refractivity contribution in [1.29, 1.82) is 0 Å². The third kappa shape index (κ3) is 2.55. The van der Waals surface area contributed by atoms with Crippen molar-refractivity contribution in [3.05, 3.63) is 63.9 Å². The molecule has 0 saturated carbocycles. The number of nitrogens with zero attached hydrogens (tertiary/aromatic N) is 1. The summed E-state index contributed by atoms with van der Waals surface area (Å²) in [5.41, 5.74) is -0.0909. The number of hydrogen-bond donors (Lipinski definition) is 0. The van der Waals surface area contributed by atoms with Crippen molar-refractivity contribution < 1.29 is 13.6 Å². The molecule has 0 saturated heterocycles. The molecule has 0 radical (unpaired) electrons. The number of carbonyl (C=O) groups is 1. The summed E-state index contributed by atoms with van der Waals surface area (Å²) in [5, 5.41) is 0. The molecule has 0 fully saturated rings. The normalized spacial score (nSPS) is 10.3. The summed E-state index contributed by atoms with van der Waals surface area (Å²) in [6.07, 6.45) is 2.18. The van der Waals surface area contributed by atoms with Crippen LogP contribution in [-0.4, -0.2) is 10.8 Å². The number of rotatable bonds is 2. The maximum Gasteiger partial charge on any atom is 0.197 e. The van der Waals surface area contributed by atoms with E-state index in [4.69, 9.17) is 0 Å². The number of ketones is 1. The molecule has 0 aliphatic carbocycles. The molecule has 1 aromatic heterocycles. The largest absolute Gasteiger partial charge is 0.288 e. The third-order valence-corrected chi connectivity index (χ3v) is 2.64. The molecular weight excluding hydrogens is 292 g/mol. The highest BCUT2D eigenvalue weighted by Crippen LogP contribution is 2.18. The lowest BCUT2D eigenvalue weighted by Crippen LogP contribution is -2.05. The SMILES string of the molecule is O=C(c1cncc(F)c1)c1ccc(Br)cc1F. The molecule has 86 valence electrons. The van der Waals surface area contributed by atoms with Gasteiger partial charge in [-0.1, -0.05) is 15.9 Å². The van der Waals surface area contributed by atoms with E-state index in [0.717, 1.165) is 12.3 Å². The van der Waals surface area contributed by atoms with E-state index in [1.54, 1.807) is 6.07 Å². The van der Waals surface area contributed by atoms with Gasteiger partial charge < -0.3 is 0 Å². The molecule has 1 heterocycles. The minimum Gasteiger partial charge on any atom is -0.288 e. The van der Waals surface area contributed by atoms with Crippen LogP contribution in [0.1, 0.15) is 15.9 Å². The van der Waals surface area contributed by atoms with E-state index in [9.17, 15) is 13.6 Å². The number of halogens is 3. The van der Waals surface area contributed by atoms with Crippen LogP contribution < -0.4 is 0 Å². The molecule has 0 aliphatic heterocycles. The molecule has 2 aromatic rings. The van der Waals surface area contributed by atoms with Crippen LogP contribution in [0.3, 0.4) is 0 Å². The predicted molar refractivity (Wildman–Crippen MR) is 61.7 cm³/mol. The summed E-state index contributed by atoms with van der Waals surface area (Å²) < 4.78 is 26.9. The Hall–Kier alpha value is -1.62. The van der Waals surface area contributed by atoms with Gasteiger partial charge in [-0.25, -0.2) is 8.78 Å². The molecule has 0 aliphatic rings. The Kier molecular flexibility index (Phi) is 3.28. The summed E-state index contributed by atoms with van der Waals surface area (Å²) in [5.74, 6) is -1.89. The average molecular weight is 298 g/mol. The fraction of sp³-hybridized carbons (Fsp3) is 0. The smallest absolute Gasteiger partial charge is 0.197 e. The summed E-state index contributed by atoms with van der Waals surface area (Å²) in [7, 11) is 0. The zero-order valence-electron chi connectivity index (χ0n) is 8.45. The molecule has 0 spiro atoms. The first kappa shape index (κ1) is 11.9. The predicted octanol–water partition coefficient (Wildman–Crippen LogP) is 3.35. The van der Waals surface area contributed by atoms with E-state index in [1.807, 2.05) is 0 Å². The molecule has 0 bridgehead atoms. The van der Waals surface area contributed by atoms with Crippen molar-refractivity contribution in [3.63, 3.8) is 0 Å². The Morgan fingerprint density at radius 2 is 1.94 bits per heavy atom. The number of carbonyl (C=O) groups excluding carboxylic acids is 1. The zero-order valence-corrected chi connectivity index (χ0v) is 10.0. The molecule has 5 heteroatoms. The Labute approximate surface area is 104 Å². The van der Waals surface area contributed by atoms with Gasteiger partial charge in [0.25, 0.3) is 0 Å². The van der Waals surface area contributed by atoms with Gasteiger partial charge >= 0.3 is 0 Å². The van der Waals surface area contributed by atoms with Crippen LogP contribution >= 0.6 is 15.9 Å². The van der Waals surface area contributed by atoms with Crippen LogP contribution in [0.4, 0.5) is 8.78 Å². The van der Waals surface area contributed by atoms with Crippen LogP contribution in [0, 0.1) is 11.6 Å². The van der Waals surface area contributed by atoms with Gasteiger partial charge in [-0.2, -0.15) is 0 Å². The summed E-state index contributed by atoms with van der Waals surface area (Å²) in [4.78, 5) is 15.4. The first-order valence-corrected chi connectivity index (χ1v) is 5.47. The van der Waals surface area contributed by atoms with Gasteiger partial charge in [-0.15, -0.1) is 0 Å². The van der Waals surface area contributed by atoms with Gasteiger partial charge in [-0.05, 0) is 24.3 Å². The quantitative estimate of drug-likeness (QED) is 0.796. The molecule has 2 rings (SSSR count). The van der Waals surface area contributed by atoms with Crippen LogP contribution in [0.2, 0.25) is 0 Å². The van der Waals surface area contributed by atoms with E-state index in [-0.39, 0.29) is 11.1 Å². The standard InChI is InChI=1S/C12H6BrF2NO/c13-8-1-2-10(11(15)4-8)12(17)7-3-9(14)6-16-5-7/h1-6H. The minimum absolute atomic E-state index is 0.0197. The topological polar surface area (TPSA) is 30.0 Å². The Bertz CT molecular complexity index is 586. The molecular formula is C12H6BrF2NO. The van der Waals surface area contributed by atoms with Gasteiger partial charge in [0.05, 0.1) is 11.8 Å². The van der Waals surface area contributed by atoms with Crippen molar-refractivity contribution >= 4 is 21.7 Å². The van der Waals surface area contributed by atoms with Gasteiger partial charge in [0, 0.05) is 16.2 Å². The van der Waals surface area contributed by atoms with Gasteiger partial charge in [0.1, 0.15) is 11.6 Å². The average Bonchev–Trinajstić information content (AvgIpc) is 2.28. The molecule has 17 heavy (non-hydrogen) atoms. The molecule has 0 amide bonds. The first-order valence-electron chi connectivity index (χ1n) is 4.68. The zero-order chi connectivity index (χ0) is 12.4. The number of hydrogen-bond acceptors (Lipinski definition) is 2. The highest BCUT2D eigenvalue weighted by atomic mass is 79.9. The van der Waals surface area contributed by atoms with Crippen LogP contribution in [0.15, 0.2) is 41.1 Å². The fourth-order valence-electron chi connectivity index (χ4n) is 1.37.